The molecule has 3 nitrogen and oxygen atoms in total. The fourth-order valence-electron chi connectivity index (χ4n) is 3.75. The number of hydrogen-bond acceptors (Lipinski definition) is 3. The fraction of sp³-hybridized carbons (Fsp3) is 0.560. The fourth-order valence-corrected chi connectivity index (χ4v) is 12.9. The zero-order valence-electron chi connectivity index (χ0n) is 22.6. The van der Waals surface area contributed by atoms with Crippen LogP contribution in [0.4, 0.5) is 0 Å². The van der Waals surface area contributed by atoms with E-state index in [0.717, 1.165) is 24.6 Å². The zero-order valence-corrected chi connectivity index (χ0v) is 27.8. The first kappa shape index (κ1) is 39.4. The second-order valence-corrected chi connectivity index (χ2v) is 20.2. The molecule has 32 heavy (non-hydrogen) atoms. The van der Waals surface area contributed by atoms with Crippen molar-refractivity contribution in [1.82, 2.24) is 0 Å². The molecule has 0 N–H and O–H groups in total. The summed E-state index contributed by atoms with van der Waals surface area (Å²) in [5.41, 5.74) is 1.41. The van der Waals surface area contributed by atoms with Gasteiger partial charge in [-0.1, -0.05) is 44.4 Å². The Morgan fingerprint density at radius 1 is 0.812 bits per heavy atom. The number of allylic oxidation sites excluding steroid dienone is 6. The van der Waals surface area contributed by atoms with Gasteiger partial charge in [0.15, 0.2) is 0 Å². The number of rotatable bonds is 11. The van der Waals surface area contributed by atoms with Gasteiger partial charge in [0.05, 0.1) is 0 Å². The first-order valence-electron chi connectivity index (χ1n) is 11.0. The minimum atomic E-state index is -2.65. The number of hydrogen-bond donors (Lipinski definition) is 0. The molecule has 7 heteroatoms. The molecule has 0 aromatic carbocycles. The first-order valence-corrected chi connectivity index (χ1v) is 19.3. The van der Waals surface area contributed by atoms with Gasteiger partial charge in [0, 0.05) is 35.4 Å². The quantitative estimate of drug-likeness (QED) is 0.128. The molecule has 0 spiro atoms. The molecule has 0 bridgehead atoms. The van der Waals surface area contributed by atoms with Gasteiger partial charge in [0.2, 0.25) is 0 Å². The summed E-state index contributed by atoms with van der Waals surface area (Å²) in [5.74, 6) is 0. The summed E-state index contributed by atoms with van der Waals surface area (Å²) in [5, 5.41) is 3.06. The molecule has 0 fully saturated rings. The molecule has 1 rings (SSSR count). The summed E-state index contributed by atoms with van der Waals surface area (Å²) in [6.07, 6.45) is 8.76. The Morgan fingerprint density at radius 2 is 1.19 bits per heavy atom. The topological polar surface area (TPSA) is 27.7 Å². The zero-order chi connectivity index (χ0) is 25.3. The maximum atomic E-state index is 5.70. The van der Waals surface area contributed by atoms with Gasteiger partial charge in [0.1, 0.15) is 0 Å². The second-order valence-electron chi connectivity index (χ2n) is 7.93. The standard InChI is InChI=1S/C19H35O3Si3.3C2H5.Pt/c1-10-14-23(6,7)18-13-12-17(16-25(20-3,21-4)22-5)19(18)24(8,9)15-11-2;3*1-2;/h10-11H,1-2,12,14-16H2,3-9H3;3*1H2,2H3;/q4*-1;+4. The van der Waals surface area contributed by atoms with Crippen molar-refractivity contribution in [2.24, 2.45) is 0 Å². The van der Waals surface area contributed by atoms with Crippen molar-refractivity contribution in [2.45, 2.75) is 71.5 Å². The van der Waals surface area contributed by atoms with E-state index in [4.69, 9.17) is 13.3 Å². The van der Waals surface area contributed by atoms with E-state index in [1.807, 2.05) is 0 Å². The summed E-state index contributed by atoms with van der Waals surface area (Å²) in [6, 6.07) is 2.89. The molecule has 0 saturated heterocycles. The molecule has 1 aliphatic carbocycles. The SMILES string of the molecule is C=CC[Si](C)(C)C1=[C-]CC(C[Si](OC)(OC)OC)=C1[Si](C)(C)CC=C.[CH2-]C.[CH2-]C.[CH2-]C.[Pt+4]. The van der Waals surface area contributed by atoms with Crippen LogP contribution in [0, 0.1) is 26.8 Å². The molecule has 0 unspecified atom stereocenters. The molecule has 190 valence electrons. The maximum Gasteiger partial charge on any atom is 4.00 e. The minimum Gasteiger partial charge on any atom is -0.377 e. The molecule has 0 aromatic heterocycles. The Labute approximate surface area is 219 Å². The second kappa shape index (κ2) is 20.5. The predicted octanol–water partition coefficient (Wildman–Crippen LogP) is 7.68. The van der Waals surface area contributed by atoms with E-state index in [1.165, 1.54) is 10.8 Å². The van der Waals surface area contributed by atoms with E-state index >= 15 is 0 Å². The summed E-state index contributed by atoms with van der Waals surface area (Å²) in [6.45, 7) is 32.7. The van der Waals surface area contributed by atoms with Gasteiger partial charge in [0.25, 0.3) is 0 Å². The van der Waals surface area contributed by atoms with Gasteiger partial charge < -0.3 is 34.0 Å². The van der Waals surface area contributed by atoms with Crippen molar-refractivity contribution in [3.63, 3.8) is 0 Å². The molecule has 0 aromatic rings. The van der Waals surface area contributed by atoms with Gasteiger partial charge in [-0.2, -0.15) is 26.3 Å². The van der Waals surface area contributed by atoms with Crippen LogP contribution in [0.15, 0.2) is 41.3 Å². The predicted molar refractivity (Wildman–Crippen MR) is 148 cm³/mol. The van der Waals surface area contributed by atoms with E-state index in [-0.39, 0.29) is 21.1 Å². The van der Waals surface area contributed by atoms with Crippen molar-refractivity contribution < 1.29 is 34.3 Å². The molecule has 0 saturated carbocycles. The normalized spacial score (nSPS) is 13.2. The molecule has 1 aliphatic rings. The molecule has 0 heterocycles. The van der Waals surface area contributed by atoms with Crippen molar-refractivity contribution in [3.8, 4) is 0 Å². The van der Waals surface area contributed by atoms with Crippen LogP contribution >= 0.6 is 0 Å². The maximum absolute atomic E-state index is 5.70. The van der Waals surface area contributed by atoms with E-state index in [1.54, 1.807) is 47.3 Å². The van der Waals surface area contributed by atoms with Crippen LogP contribution < -0.4 is 0 Å². The summed E-state index contributed by atoms with van der Waals surface area (Å²) >= 11 is 0. The van der Waals surface area contributed by atoms with Gasteiger partial charge in [-0.05, 0) is 14.1 Å². The van der Waals surface area contributed by atoms with Crippen molar-refractivity contribution in [1.29, 1.82) is 0 Å². The summed E-state index contributed by atoms with van der Waals surface area (Å²) in [4.78, 5) is 0. The Kier molecular flexibility index (Phi) is 25.3. The van der Waals surface area contributed by atoms with Gasteiger partial charge in [-0.25, -0.2) is 10.4 Å². The Balaban J connectivity index is -0.000000514. The Bertz CT molecular complexity index is 559. The molecule has 0 amide bonds. The average Bonchev–Trinajstić information content (AvgIpc) is 3.22. The summed E-state index contributed by atoms with van der Waals surface area (Å²) < 4.78 is 17.1. The van der Waals surface area contributed by atoms with Crippen LogP contribution in [0.1, 0.15) is 27.2 Å². The van der Waals surface area contributed by atoms with E-state index in [9.17, 15) is 0 Å². The van der Waals surface area contributed by atoms with Gasteiger partial charge in [-0.3, -0.25) is 6.08 Å². The van der Waals surface area contributed by atoms with Crippen LogP contribution in [0.2, 0.25) is 44.3 Å². The largest absolute Gasteiger partial charge is 4.00 e. The molecule has 0 aliphatic heterocycles. The van der Waals surface area contributed by atoms with Crippen LogP contribution in [0.25, 0.3) is 0 Å². The molecular formula is C25H50O3PtSi3. The first-order chi connectivity index (χ1) is 14.6. The van der Waals surface area contributed by atoms with E-state index < -0.39 is 25.0 Å². The van der Waals surface area contributed by atoms with Crippen LogP contribution in [0.3, 0.4) is 0 Å². The Hall–Kier alpha value is 0.179. The third-order valence-electron chi connectivity index (χ3n) is 5.11. The monoisotopic (exact) mass is 677 g/mol. The van der Waals surface area contributed by atoms with Crippen molar-refractivity contribution in [3.05, 3.63) is 68.1 Å². The van der Waals surface area contributed by atoms with Crippen LogP contribution in [-0.4, -0.2) is 46.3 Å². The van der Waals surface area contributed by atoms with Crippen molar-refractivity contribution >= 4 is 25.0 Å². The van der Waals surface area contributed by atoms with Crippen molar-refractivity contribution in [2.75, 3.05) is 21.3 Å². The van der Waals surface area contributed by atoms with Crippen LogP contribution in [-0.2, 0) is 34.3 Å². The third kappa shape index (κ3) is 11.5. The van der Waals surface area contributed by atoms with Crippen LogP contribution in [0.5, 0.6) is 0 Å². The molecule has 0 atom stereocenters. The minimum absolute atomic E-state index is 0. The van der Waals surface area contributed by atoms with E-state index in [0.29, 0.717) is 0 Å². The molecular weight excluding hydrogens is 628 g/mol. The molecule has 0 radical (unpaired) electrons. The third-order valence-corrected chi connectivity index (χ3v) is 14.4. The summed E-state index contributed by atoms with van der Waals surface area (Å²) in [7, 11) is -0.836. The Morgan fingerprint density at radius 3 is 1.53 bits per heavy atom. The van der Waals surface area contributed by atoms with E-state index in [2.05, 4.69) is 78.3 Å². The van der Waals surface area contributed by atoms with Gasteiger partial charge in [-0.15, -0.1) is 19.6 Å². The average molecular weight is 678 g/mol. The smallest absolute Gasteiger partial charge is 0.377 e. The van der Waals surface area contributed by atoms with Gasteiger partial charge >= 0.3 is 29.9 Å².